The molecule has 0 bridgehead atoms. The number of nitrogens with zero attached hydrogens (tertiary/aromatic N) is 1. The molecule has 0 unspecified atom stereocenters. The summed E-state index contributed by atoms with van der Waals surface area (Å²) in [6.07, 6.45) is 0.122. The molecule has 1 aromatic carbocycles. The third-order valence-corrected chi connectivity index (χ3v) is 2.20. The summed E-state index contributed by atoms with van der Waals surface area (Å²) >= 11 is 11.5. The molecule has 16 heavy (non-hydrogen) atoms. The molecular formula is C11H9Cl2NO2. The first kappa shape index (κ1) is 12.8. The van der Waals surface area contributed by atoms with Gasteiger partial charge in [-0.05, 0) is 18.2 Å². The molecule has 0 saturated heterocycles. The summed E-state index contributed by atoms with van der Waals surface area (Å²) < 4.78 is 5.29. The molecule has 0 N–H and O–H groups in total. The quantitative estimate of drug-likeness (QED) is 0.814. The zero-order valence-corrected chi connectivity index (χ0v) is 9.88. The summed E-state index contributed by atoms with van der Waals surface area (Å²) in [6.45, 7) is 0.219. The lowest BCUT2D eigenvalue weighted by Gasteiger charge is -2.05. The van der Waals surface area contributed by atoms with Gasteiger partial charge in [-0.1, -0.05) is 23.2 Å². The number of halogens is 2. The Bertz CT molecular complexity index is 406. The van der Waals surface area contributed by atoms with Gasteiger partial charge < -0.3 is 4.74 Å². The van der Waals surface area contributed by atoms with Crippen molar-refractivity contribution in [3.63, 3.8) is 0 Å². The van der Waals surface area contributed by atoms with Crippen molar-refractivity contribution in [3.05, 3.63) is 28.2 Å². The Morgan fingerprint density at radius 1 is 1.31 bits per heavy atom. The van der Waals surface area contributed by atoms with E-state index in [4.69, 9.17) is 33.2 Å². The Labute approximate surface area is 104 Å². The molecule has 0 aliphatic heterocycles. The fraction of sp³-hybridized carbons (Fsp3) is 0.273. The van der Waals surface area contributed by atoms with Crippen LogP contribution in [-0.4, -0.2) is 12.4 Å². The molecule has 0 atom stereocenters. The molecule has 0 spiro atoms. The topological polar surface area (TPSA) is 50.1 Å². The SMILES string of the molecule is N#CCC(=O)CCOc1cc(Cl)cc(Cl)c1. The van der Waals surface area contributed by atoms with Crippen LogP contribution in [0.15, 0.2) is 18.2 Å². The van der Waals surface area contributed by atoms with Crippen molar-refractivity contribution in [2.45, 2.75) is 12.8 Å². The van der Waals surface area contributed by atoms with E-state index in [1.807, 2.05) is 0 Å². The normalized spacial score (nSPS) is 9.56. The molecule has 0 aliphatic carbocycles. The van der Waals surface area contributed by atoms with Gasteiger partial charge in [0.2, 0.25) is 0 Å². The number of nitriles is 1. The highest BCUT2D eigenvalue weighted by molar-refractivity contribution is 6.34. The summed E-state index contributed by atoms with van der Waals surface area (Å²) in [5.74, 6) is 0.373. The van der Waals surface area contributed by atoms with E-state index in [0.717, 1.165) is 0 Å². The zero-order chi connectivity index (χ0) is 12.0. The van der Waals surface area contributed by atoms with Gasteiger partial charge in [0.15, 0.2) is 0 Å². The molecule has 5 heteroatoms. The molecule has 0 aliphatic rings. The van der Waals surface area contributed by atoms with Crippen molar-refractivity contribution in [3.8, 4) is 11.8 Å². The van der Waals surface area contributed by atoms with Crippen LogP contribution in [0.5, 0.6) is 5.75 Å². The number of benzene rings is 1. The lowest BCUT2D eigenvalue weighted by Crippen LogP contribution is -2.05. The Kier molecular flexibility index (Phi) is 5.10. The molecule has 0 aromatic heterocycles. The molecule has 3 nitrogen and oxygen atoms in total. The Morgan fingerprint density at radius 2 is 1.94 bits per heavy atom. The maximum absolute atomic E-state index is 11.0. The van der Waals surface area contributed by atoms with Crippen LogP contribution in [0.1, 0.15) is 12.8 Å². The largest absolute Gasteiger partial charge is 0.493 e. The van der Waals surface area contributed by atoms with Gasteiger partial charge in [-0.25, -0.2) is 0 Å². The van der Waals surface area contributed by atoms with Gasteiger partial charge in [0.25, 0.3) is 0 Å². The van der Waals surface area contributed by atoms with Gasteiger partial charge in [-0.2, -0.15) is 5.26 Å². The van der Waals surface area contributed by atoms with Crippen molar-refractivity contribution in [1.82, 2.24) is 0 Å². The van der Waals surface area contributed by atoms with Crippen molar-refractivity contribution >= 4 is 29.0 Å². The summed E-state index contributed by atoms with van der Waals surface area (Å²) in [4.78, 5) is 11.0. The molecule has 0 amide bonds. The molecule has 1 aromatic rings. The minimum Gasteiger partial charge on any atom is -0.493 e. The van der Waals surface area contributed by atoms with Crippen LogP contribution in [0.4, 0.5) is 0 Å². The second kappa shape index (κ2) is 6.37. The third kappa shape index (κ3) is 4.52. The first-order valence-electron chi connectivity index (χ1n) is 4.59. The summed E-state index contributed by atoms with van der Waals surface area (Å²) in [7, 11) is 0. The third-order valence-electron chi connectivity index (χ3n) is 1.76. The molecule has 0 heterocycles. The van der Waals surface area contributed by atoms with E-state index in [-0.39, 0.29) is 25.2 Å². The van der Waals surface area contributed by atoms with Crippen LogP contribution in [0.25, 0.3) is 0 Å². The highest BCUT2D eigenvalue weighted by atomic mass is 35.5. The zero-order valence-electron chi connectivity index (χ0n) is 8.37. The maximum Gasteiger partial charge on any atom is 0.150 e. The highest BCUT2D eigenvalue weighted by Crippen LogP contribution is 2.24. The van der Waals surface area contributed by atoms with Crippen molar-refractivity contribution in [1.29, 1.82) is 5.26 Å². The molecule has 1 rings (SSSR count). The number of rotatable bonds is 5. The van der Waals surface area contributed by atoms with E-state index in [1.54, 1.807) is 24.3 Å². The second-order valence-corrected chi connectivity index (χ2v) is 3.95. The lowest BCUT2D eigenvalue weighted by molar-refractivity contribution is -0.118. The Balaban J connectivity index is 2.43. The number of ether oxygens (including phenoxy) is 1. The number of hydrogen-bond donors (Lipinski definition) is 0. The average molecular weight is 258 g/mol. The fourth-order valence-corrected chi connectivity index (χ4v) is 1.58. The van der Waals surface area contributed by atoms with E-state index in [1.165, 1.54) is 0 Å². The Morgan fingerprint density at radius 3 is 2.50 bits per heavy atom. The van der Waals surface area contributed by atoms with Crippen LogP contribution in [0.3, 0.4) is 0 Å². The van der Waals surface area contributed by atoms with Crippen LogP contribution in [0, 0.1) is 11.3 Å². The maximum atomic E-state index is 11.0. The van der Waals surface area contributed by atoms with E-state index in [0.29, 0.717) is 15.8 Å². The monoisotopic (exact) mass is 257 g/mol. The molecule has 0 saturated carbocycles. The number of Topliss-reactive ketones (excluding diaryl/α,β-unsaturated/α-hetero) is 1. The standard InChI is InChI=1S/C11H9Cl2NO2/c12-8-5-9(13)7-11(6-8)16-4-2-10(15)1-3-14/h5-7H,1-2,4H2. The van der Waals surface area contributed by atoms with Crippen molar-refractivity contribution in [2.75, 3.05) is 6.61 Å². The lowest BCUT2D eigenvalue weighted by atomic mass is 10.2. The smallest absolute Gasteiger partial charge is 0.150 e. The van der Waals surface area contributed by atoms with Gasteiger partial charge in [-0.3, -0.25) is 4.79 Å². The number of hydrogen-bond acceptors (Lipinski definition) is 3. The number of carbonyl (C=O) groups is 1. The molecule has 84 valence electrons. The molecule has 0 radical (unpaired) electrons. The van der Waals surface area contributed by atoms with Crippen LogP contribution in [0.2, 0.25) is 10.0 Å². The minimum atomic E-state index is -0.143. The predicted octanol–water partition coefficient (Wildman–Crippen LogP) is 3.25. The number of ketones is 1. The molecule has 0 fully saturated rings. The van der Waals surface area contributed by atoms with Gasteiger partial charge in [0, 0.05) is 16.5 Å². The van der Waals surface area contributed by atoms with Crippen LogP contribution in [-0.2, 0) is 4.79 Å². The van der Waals surface area contributed by atoms with Crippen LogP contribution >= 0.6 is 23.2 Å². The molecular weight excluding hydrogens is 249 g/mol. The number of carbonyl (C=O) groups excluding carboxylic acids is 1. The first-order chi connectivity index (χ1) is 7.61. The van der Waals surface area contributed by atoms with E-state index >= 15 is 0 Å². The first-order valence-corrected chi connectivity index (χ1v) is 5.35. The second-order valence-electron chi connectivity index (χ2n) is 3.08. The van der Waals surface area contributed by atoms with Crippen LogP contribution < -0.4 is 4.74 Å². The van der Waals surface area contributed by atoms with Gasteiger partial charge in [-0.15, -0.1) is 0 Å². The summed E-state index contributed by atoms with van der Waals surface area (Å²) in [6, 6.07) is 6.61. The Hall–Kier alpha value is -1.24. The average Bonchev–Trinajstić information content (AvgIpc) is 2.16. The summed E-state index contributed by atoms with van der Waals surface area (Å²) in [5, 5.41) is 9.23. The van der Waals surface area contributed by atoms with E-state index in [2.05, 4.69) is 0 Å². The van der Waals surface area contributed by atoms with Crippen molar-refractivity contribution in [2.24, 2.45) is 0 Å². The van der Waals surface area contributed by atoms with Gasteiger partial charge >= 0.3 is 0 Å². The minimum absolute atomic E-state index is 0.0837. The van der Waals surface area contributed by atoms with E-state index in [9.17, 15) is 4.79 Å². The van der Waals surface area contributed by atoms with Crippen molar-refractivity contribution < 1.29 is 9.53 Å². The van der Waals surface area contributed by atoms with E-state index < -0.39 is 0 Å². The highest BCUT2D eigenvalue weighted by Gasteiger charge is 2.03. The van der Waals surface area contributed by atoms with Gasteiger partial charge in [0.05, 0.1) is 19.1 Å². The van der Waals surface area contributed by atoms with Gasteiger partial charge in [0.1, 0.15) is 11.5 Å². The summed E-state index contributed by atoms with van der Waals surface area (Å²) in [5.41, 5.74) is 0. The predicted molar refractivity (Wildman–Crippen MR) is 61.8 cm³/mol. The fourth-order valence-electron chi connectivity index (χ4n) is 1.07.